The van der Waals surface area contributed by atoms with E-state index in [9.17, 15) is 4.79 Å². The molecule has 100 valence electrons. The third kappa shape index (κ3) is 3.48. The van der Waals surface area contributed by atoms with Crippen molar-refractivity contribution in [3.8, 4) is 6.07 Å². The van der Waals surface area contributed by atoms with Gasteiger partial charge in [0.15, 0.2) is 0 Å². The Kier molecular flexibility index (Phi) is 4.44. The first-order chi connectivity index (χ1) is 9.10. The SMILES string of the molecule is CC1CCC(=O)N(Cc2ccc(C#N)cc2Cl)CC1. The number of nitrogens with zero attached hydrogens (tertiary/aromatic N) is 2. The molecule has 4 heteroatoms. The fourth-order valence-electron chi connectivity index (χ4n) is 2.29. The fraction of sp³-hybridized carbons (Fsp3) is 0.467. The summed E-state index contributed by atoms with van der Waals surface area (Å²) in [6, 6.07) is 7.29. The monoisotopic (exact) mass is 276 g/mol. The molecule has 0 bridgehead atoms. The highest BCUT2D eigenvalue weighted by Gasteiger charge is 2.20. The van der Waals surface area contributed by atoms with Crippen LogP contribution in [0.25, 0.3) is 0 Å². The van der Waals surface area contributed by atoms with Crippen molar-refractivity contribution in [1.82, 2.24) is 4.90 Å². The minimum atomic E-state index is 0.199. The van der Waals surface area contributed by atoms with Crippen molar-refractivity contribution in [1.29, 1.82) is 5.26 Å². The van der Waals surface area contributed by atoms with Gasteiger partial charge in [0.1, 0.15) is 0 Å². The second-order valence-corrected chi connectivity index (χ2v) is 5.57. The first-order valence-corrected chi connectivity index (χ1v) is 6.94. The number of halogens is 1. The van der Waals surface area contributed by atoms with E-state index in [1.54, 1.807) is 12.1 Å². The van der Waals surface area contributed by atoms with E-state index in [0.29, 0.717) is 29.5 Å². The van der Waals surface area contributed by atoms with E-state index < -0.39 is 0 Å². The number of amides is 1. The normalized spacial score (nSPS) is 19.9. The van der Waals surface area contributed by atoms with E-state index in [2.05, 4.69) is 13.0 Å². The lowest BCUT2D eigenvalue weighted by atomic mass is 10.0. The van der Waals surface area contributed by atoms with Gasteiger partial charge in [-0.25, -0.2) is 0 Å². The largest absolute Gasteiger partial charge is 0.338 e. The van der Waals surface area contributed by atoms with Crippen molar-refractivity contribution < 1.29 is 4.79 Å². The van der Waals surface area contributed by atoms with Gasteiger partial charge < -0.3 is 4.90 Å². The molecule has 1 aliphatic heterocycles. The molecule has 1 aromatic rings. The van der Waals surface area contributed by atoms with Gasteiger partial charge in [0.25, 0.3) is 0 Å². The highest BCUT2D eigenvalue weighted by Crippen LogP contribution is 2.23. The summed E-state index contributed by atoms with van der Waals surface area (Å²) in [7, 11) is 0. The number of benzene rings is 1. The van der Waals surface area contributed by atoms with Gasteiger partial charge in [-0.05, 0) is 36.5 Å². The lowest BCUT2D eigenvalue weighted by molar-refractivity contribution is -0.131. The minimum Gasteiger partial charge on any atom is -0.338 e. The van der Waals surface area contributed by atoms with Gasteiger partial charge in [-0.3, -0.25) is 4.79 Å². The summed E-state index contributed by atoms with van der Waals surface area (Å²) in [5, 5.41) is 9.37. The number of carbonyl (C=O) groups is 1. The summed E-state index contributed by atoms with van der Waals surface area (Å²) in [6.45, 7) is 3.51. The average Bonchev–Trinajstić information content (AvgIpc) is 2.56. The minimum absolute atomic E-state index is 0.199. The van der Waals surface area contributed by atoms with Gasteiger partial charge in [0.2, 0.25) is 5.91 Å². The molecule has 0 aliphatic carbocycles. The van der Waals surface area contributed by atoms with E-state index in [0.717, 1.165) is 24.9 Å². The quantitative estimate of drug-likeness (QED) is 0.831. The molecule has 3 nitrogen and oxygen atoms in total. The Bertz CT molecular complexity index is 521. The molecule has 1 aliphatic rings. The third-order valence-corrected chi connectivity index (χ3v) is 3.99. The molecule has 0 saturated carbocycles. The zero-order chi connectivity index (χ0) is 13.8. The zero-order valence-corrected chi connectivity index (χ0v) is 11.8. The second-order valence-electron chi connectivity index (χ2n) is 5.17. The van der Waals surface area contributed by atoms with E-state index in [1.165, 1.54) is 0 Å². The van der Waals surface area contributed by atoms with Crippen LogP contribution >= 0.6 is 11.6 Å². The Morgan fingerprint density at radius 3 is 2.95 bits per heavy atom. The Morgan fingerprint density at radius 2 is 2.26 bits per heavy atom. The smallest absolute Gasteiger partial charge is 0.222 e. The molecule has 2 rings (SSSR count). The van der Waals surface area contributed by atoms with Crippen molar-refractivity contribution in [2.75, 3.05) is 6.54 Å². The van der Waals surface area contributed by atoms with Gasteiger partial charge in [0.05, 0.1) is 11.6 Å². The van der Waals surface area contributed by atoms with Gasteiger partial charge in [-0.15, -0.1) is 0 Å². The molecular weight excluding hydrogens is 260 g/mol. The maximum atomic E-state index is 12.0. The van der Waals surface area contributed by atoms with Crippen LogP contribution in [-0.4, -0.2) is 17.4 Å². The summed E-state index contributed by atoms with van der Waals surface area (Å²) >= 11 is 6.16. The number of nitriles is 1. The molecule has 1 aromatic carbocycles. The highest BCUT2D eigenvalue weighted by atomic mass is 35.5. The van der Waals surface area contributed by atoms with Crippen molar-refractivity contribution >= 4 is 17.5 Å². The number of carbonyl (C=O) groups excluding carboxylic acids is 1. The molecule has 0 aromatic heterocycles. The van der Waals surface area contributed by atoms with Crippen molar-refractivity contribution in [3.05, 3.63) is 34.3 Å². The summed E-state index contributed by atoms with van der Waals surface area (Å²) in [4.78, 5) is 13.9. The predicted octanol–water partition coefficient (Wildman–Crippen LogP) is 3.36. The maximum absolute atomic E-state index is 12.0. The molecular formula is C15H17ClN2O. The highest BCUT2D eigenvalue weighted by molar-refractivity contribution is 6.31. The molecule has 1 unspecified atom stereocenters. The topological polar surface area (TPSA) is 44.1 Å². The zero-order valence-electron chi connectivity index (χ0n) is 11.0. The number of hydrogen-bond acceptors (Lipinski definition) is 2. The Labute approximate surface area is 118 Å². The van der Waals surface area contributed by atoms with Crippen LogP contribution in [0.4, 0.5) is 0 Å². The molecule has 1 fully saturated rings. The van der Waals surface area contributed by atoms with Crippen molar-refractivity contribution in [2.24, 2.45) is 5.92 Å². The van der Waals surface area contributed by atoms with Crippen LogP contribution in [0.3, 0.4) is 0 Å². The van der Waals surface area contributed by atoms with Crippen molar-refractivity contribution in [2.45, 2.75) is 32.7 Å². The Hall–Kier alpha value is -1.53. The molecule has 0 radical (unpaired) electrons. The van der Waals surface area contributed by atoms with Gasteiger partial charge in [0, 0.05) is 24.5 Å². The van der Waals surface area contributed by atoms with Crippen LogP contribution in [0.5, 0.6) is 0 Å². The molecule has 0 spiro atoms. The molecule has 1 atom stereocenters. The Balaban J connectivity index is 2.12. The molecule has 0 N–H and O–H groups in total. The molecule has 19 heavy (non-hydrogen) atoms. The second kappa shape index (κ2) is 6.08. The van der Waals surface area contributed by atoms with Gasteiger partial charge in [-0.1, -0.05) is 24.6 Å². The lowest BCUT2D eigenvalue weighted by Crippen LogP contribution is -2.29. The fourth-order valence-corrected chi connectivity index (χ4v) is 2.53. The molecule has 1 heterocycles. The lowest BCUT2D eigenvalue weighted by Gasteiger charge is -2.21. The first-order valence-electron chi connectivity index (χ1n) is 6.56. The summed E-state index contributed by atoms with van der Waals surface area (Å²) in [5.41, 5.74) is 1.45. The van der Waals surface area contributed by atoms with Crippen LogP contribution in [0, 0.1) is 17.2 Å². The Morgan fingerprint density at radius 1 is 1.47 bits per heavy atom. The molecule has 1 amide bonds. The van der Waals surface area contributed by atoms with Crippen LogP contribution in [-0.2, 0) is 11.3 Å². The van der Waals surface area contributed by atoms with Crippen molar-refractivity contribution in [3.63, 3.8) is 0 Å². The van der Waals surface area contributed by atoms with Crippen LogP contribution in [0.2, 0.25) is 5.02 Å². The number of likely N-dealkylation sites (tertiary alicyclic amines) is 1. The van der Waals surface area contributed by atoms with Crippen LogP contribution < -0.4 is 0 Å². The number of hydrogen-bond donors (Lipinski definition) is 0. The van der Waals surface area contributed by atoms with Crippen LogP contribution in [0.15, 0.2) is 18.2 Å². The van der Waals surface area contributed by atoms with E-state index in [1.807, 2.05) is 11.0 Å². The first kappa shape index (κ1) is 13.9. The van der Waals surface area contributed by atoms with E-state index >= 15 is 0 Å². The summed E-state index contributed by atoms with van der Waals surface area (Å²) < 4.78 is 0. The standard InChI is InChI=1S/C15H17ClN2O/c1-11-2-5-15(19)18(7-6-11)10-13-4-3-12(9-17)8-14(13)16/h3-4,8,11H,2,5-7,10H2,1H3. The molecule has 1 saturated heterocycles. The van der Waals surface area contributed by atoms with E-state index in [4.69, 9.17) is 16.9 Å². The predicted molar refractivity (Wildman–Crippen MR) is 74.6 cm³/mol. The van der Waals surface area contributed by atoms with Crippen LogP contribution in [0.1, 0.15) is 37.3 Å². The van der Waals surface area contributed by atoms with Gasteiger partial charge in [-0.2, -0.15) is 5.26 Å². The summed E-state index contributed by atoms with van der Waals surface area (Å²) in [5.74, 6) is 0.801. The maximum Gasteiger partial charge on any atom is 0.222 e. The van der Waals surface area contributed by atoms with Gasteiger partial charge >= 0.3 is 0 Å². The third-order valence-electron chi connectivity index (χ3n) is 3.64. The average molecular weight is 277 g/mol. The van der Waals surface area contributed by atoms with E-state index in [-0.39, 0.29) is 5.91 Å². The number of rotatable bonds is 2. The summed E-state index contributed by atoms with van der Waals surface area (Å²) in [6.07, 6.45) is 2.63.